The van der Waals surface area contributed by atoms with Crippen LogP contribution in [0.2, 0.25) is 0 Å². The van der Waals surface area contributed by atoms with Crippen LogP contribution in [0.3, 0.4) is 0 Å². The second kappa shape index (κ2) is 17.6. The lowest BCUT2D eigenvalue weighted by molar-refractivity contribution is 0.487. The molecule has 0 aromatic heterocycles. The Morgan fingerprint density at radius 2 is 0.810 bits per heavy atom. The highest BCUT2D eigenvalue weighted by molar-refractivity contribution is 7.04. The zero-order valence-electron chi connectivity index (χ0n) is 48.1. The van der Waals surface area contributed by atoms with Crippen LogP contribution in [-0.2, 0) is 0 Å². The van der Waals surface area contributed by atoms with Crippen molar-refractivity contribution in [3.63, 3.8) is 0 Å². The van der Waals surface area contributed by atoms with Gasteiger partial charge >= 0.3 is 0 Å². The number of ether oxygens (including phenoxy) is 2. The van der Waals surface area contributed by atoms with E-state index in [1.807, 2.05) is 36.4 Å². The first kappa shape index (κ1) is 49.5. The number of nitriles is 2. The highest BCUT2D eigenvalue weighted by Gasteiger charge is 2.50. The number of fused-ring (bicyclic) bond motifs is 12. The van der Waals surface area contributed by atoms with Crippen molar-refractivity contribution >= 4 is 138 Å². The molecule has 9 nitrogen and oxygen atoms in total. The molecule has 0 radical (unpaired) electrons. The molecule has 10 aromatic rings. The molecular weight excluding hydrogens is 1030 g/mol. The number of para-hydroxylation sites is 2. The summed E-state index contributed by atoms with van der Waals surface area (Å²) in [5, 5.41) is 25.7. The van der Waals surface area contributed by atoms with E-state index in [0.29, 0.717) is 28.3 Å². The quantitative estimate of drug-likeness (QED) is 0.138. The van der Waals surface area contributed by atoms with Crippen LogP contribution < -0.4 is 78.7 Å². The molecule has 0 amide bonds. The second-order valence-corrected chi connectivity index (χ2v) is 24.0. The number of hydrogen-bond acceptors (Lipinski definition) is 8. The zero-order chi connectivity index (χ0) is 57.5. The van der Waals surface area contributed by atoms with Gasteiger partial charge in [0.25, 0.3) is 20.1 Å². The maximum Gasteiger partial charge on any atom is 0.256 e. The molecule has 6 aliphatic heterocycles. The van der Waals surface area contributed by atoms with Crippen molar-refractivity contribution in [3.8, 4) is 35.1 Å². The SMILES string of the molecule is [C-]#[N+]c1cc2c3c(c1)N(c1c(C)cc(C)cc1C)c1cc4c(cc1B3c1ccccc1O2)B1c2cc3c(cc2N(c2c(C)cc(C)cc2C)c2cc(C#N)cc(c21)N4c1c(C)cc(C)cc1C)Nc1cc(C#N)cc2c1B3c1ccccc1O2. The third kappa shape index (κ3) is 6.78. The molecule has 0 aliphatic carbocycles. The van der Waals surface area contributed by atoms with Crippen molar-refractivity contribution in [1.82, 2.24) is 0 Å². The molecule has 0 atom stereocenters. The summed E-state index contributed by atoms with van der Waals surface area (Å²) in [7, 11) is 0. The monoisotopic (exact) mass is 1080 g/mol. The Hall–Kier alpha value is -10.3. The normalized spacial score (nSPS) is 13.6. The Kier molecular flexibility index (Phi) is 10.4. The summed E-state index contributed by atoms with van der Waals surface area (Å²) < 4.78 is 13.7. The van der Waals surface area contributed by atoms with Crippen molar-refractivity contribution in [1.29, 1.82) is 10.5 Å². The van der Waals surface area contributed by atoms with Gasteiger partial charge in [0.05, 0.1) is 46.9 Å². The standard InChI is InChI=1S/C72H52B3N7O2/c1-37-19-40(4)70(41(5)20-37)80-57-33-55-51(73-49-15-11-13-17-63(49)83-65-28-46(35-76)25-56(79-55)67(65)73)31-52(57)75-54-32-53-58(34-59(54)81(71-42(6)21-38(2)22-43(71)7)61-27-47(36-77)26-60(80)68(61)75)82(72-44(8)23-39(3)24-45(72)9)62-29-48(78-10)30-66-69(62)74(53)50-16-12-14-18-64(50)84-66/h11-34,79H,1-9H3. The molecule has 10 aromatic carbocycles. The van der Waals surface area contributed by atoms with Crippen LogP contribution in [-0.4, -0.2) is 20.1 Å². The van der Waals surface area contributed by atoms with Gasteiger partial charge in [-0.05, 0) is 206 Å². The number of nitrogens with one attached hydrogen (secondary N) is 1. The molecule has 396 valence electrons. The smallest absolute Gasteiger partial charge is 0.256 e. The van der Waals surface area contributed by atoms with Gasteiger partial charge in [0.15, 0.2) is 5.69 Å². The first-order chi connectivity index (χ1) is 40.7. The predicted octanol–water partition coefficient (Wildman–Crippen LogP) is 11.9. The molecule has 0 unspecified atom stereocenters. The largest absolute Gasteiger partial charge is 0.460 e. The van der Waals surface area contributed by atoms with Gasteiger partial charge in [-0.15, -0.1) is 0 Å². The molecule has 0 fully saturated rings. The number of rotatable bonds is 3. The minimum atomic E-state index is -0.360. The van der Waals surface area contributed by atoms with Crippen molar-refractivity contribution in [2.45, 2.75) is 62.3 Å². The van der Waals surface area contributed by atoms with Gasteiger partial charge < -0.3 is 29.5 Å². The van der Waals surface area contributed by atoms with Crippen molar-refractivity contribution in [3.05, 3.63) is 218 Å². The van der Waals surface area contributed by atoms with Gasteiger partial charge in [0, 0.05) is 45.5 Å². The van der Waals surface area contributed by atoms with Gasteiger partial charge in [-0.25, -0.2) is 4.85 Å². The number of nitrogens with zero attached hydrogens (tertiary/aromatic N) is 6. The third-order valence-electron chi connectivity index (χ3n) is 18.4. The Labute approximate surface area is 490 Å². The van der Waals surface area contributed by atoms with Crippen LogP contribution in [0.4, 0.5) is 68.2 Å². The van der Waals surface area contributed by atoms with E-state index in [4.69, 9.17) is 16.0 Å². The fraction of sp³-hybridized carbons (Fsp3) is 0.125. The summed E-state index contributed by atoms with van der Waals surface area (Å²) in [4.78, 5) is 11.4. The zero-order valence-corrected chi connectivity index (χ0v) is 48.1. The topological polar surface area (TPSA) is 92.2 Å². The van der Waals surface area contributed by atoms with Gasteiger partial charge in [-0.3, -0.25) is 0 Å². The first-order valence-electron chi connectivity index (χ1n) is 28.7. The van der Waals surface area contributed by atoms with E-state index in [0.717, 1.165) is 157 Å². The molecule has 12 heteroatoms. The molecule has 0 spiro atoms. The number of anilines is 11. The Bertz CT molecular complexity index is 4800. The van der Waals surface area contributed by atoms with Gasteiger partial charge in [-0.1, -0.05) is 102 Å². The van der Waals surface area contributed by atoms with Crippen LogP contribution in [0.15, 0.2) is 146 Å². The number of aryl methyl sites for hydroxylation is 9. The molecule has 0 saturated heterocycles. The number of hydrogen-bond donors (Lipinski definition) is 1. The summed E-state index contributed by atoms with van der Waals surface area (Å²) >= 11 is 0. The van der Waals surface area contributed by atoms with E-state index in [-0.39, 0.29) is 20.1 Å². The van der Waals surface area contributed by atoms with Crippen LogP contribution in [0.1, 0.15) is 61.2 Å². The minimum absolute atomic E-state index is 0.225. The van der Waals surface area contributed by atoms with Crippen molar-refractivity contribution in [2.75, 3.05) is 20.0 Å². The lowest BCUT2D eigenvalue weighted by Gasteiger charge is -2.47. The molecule has 0 saturated carbocycles. The van der Waals surface area contributed by atoms with Crippen molar-refractivity contribution < 1.29 is 9.47 Å². The lowest BCUT2D eigenvalue weighted by Crippen LogP contribution is -2.66. The van der Waals surface area contributed by atoms with Gasteiger partial charge in [0.1, 0.15) is 23.0 Å². The third-order valence-corrected chi connectivity index (χ3v) is 18.4. The van der Waals surface area contributed by atoms with E-state index in [9.17, 15) is 10.5 Å². The molecule has 6 aliphatic rings. The Morgan fingerprint density at radius 3 is 1.30 bits per heavy atom. The van der Waals surface area contributed by atoms with Crippen LogP contribution in [0.5, 0.6) is 23.0 Å². The highest BCUT2D eigenvalue weighted by atomic mass is 16.5. The Balaban J connectivity index is 1.07. The minimum Gasteiger partial charge on any atom is -0.460 e. The molecule has 1 N–H and O–H groups in total. The second-order valence-electron chi connectivity index (χ2n) is 24.0. The first-order valence-corrected chi connectivity index (χ1v) is 28.7. The summed E-state index contributed by atoms with van der Waals surface area (Å²) in [6, 6.07) is 57.2. The molecule has 84 heavy (non-hydrogen) atoms. The lowest BCUT2D eigenvalue weighted by atomic mass is 9.29. The van der Waals surface area contributed by atoms with E-state index in [1.165, 1.54) is 16.7 Å². The molecular formula is C72H52B3N7O2. The van der Waals surface area contributed by atoms with Crippen LogP contribution >= 0.6 is 0 Å². The maximum atomic E-state index is 11.4. The summed E-state index contributed by atoms with van der Waals surface area (Å²) in [6.07, 6.45) is 0. The fourth-order valence-corrected chi connectivity index (χ4v) is 15.7. The number of benzene rings is 10. The average molecular weight is 1080 g/mol. The van der Waals surface area contributed by atoms with Crippen molar-refractivity contribution in [2.24, 2.45) is 0 Å². The molecule has 16 rings (SSSR count). The Morgan fingerprint density at radius 1 is 0.393 bits per heavy atom. The summed E-state index contributed by atoms with van der Waals surface area (Å²) in [5.41, 5.74) is 32.3. The molecule has 0 bridgehead atoms. The summed E-state index contributed by atoms with van der Waals surface area (Å²) in [5.74, 6) is 2.89. The van der Waals surface area contributed by atoms with Gasteiger partial charge in [0.2, 0.25) is 0 Å². The van der Waals surface area contributed by atoms with Crippen LogP contribution in [0.25, 0.3) is 4.85 Å². The highest BCUT2D eigenvalue weighted by Crippen LogP contribution is 2.52. The summed E-state index contributed by atoms with van der Waals surface area (Å²) in [6.45, 7) is 27.3. The van der Waals surface area contributed by atoms with Gasteiger partial charge in [-0.2, -0.15) is 10.5 Å². The van der Waals surface area contributed by atoms with E-state index < -0.39 is 0 Å². The van der Waals surface area contributed by atoms with E-state index >= 15 is 0 Å². The molecule has 6 heterocycles. The average Bonchev–Trinajstić information content (AvgIpc) is 0.734. The van der Waals surface area contributed by atoms with Crippen LogP contribution in [0, 0.1) is 91.5 Å². The predicted molar refractivity (Wildman–Crippen MR) is 346 cm³/mol. The van der Waals surface area contributed by atoms with E-state index in [2.05, 4.69) is 209 Å². The fourth-order valence-electron chi connectivity index (χ4n) is 15.7. The van der Waals surface area contributed by atoms with E-state index in [1.54, 1.807) is 0 Å². The maximum absolute atomic E-state index is 11.4.